The summed E-state index contributed by atoms with van der Waals surface area (Å²) >= 11 is 0. The summed E-state index contributed by atoms with van der Waals surface area (Å²) in [6, 6.07) is 0. The number of hydrogen-bond donors (Lipinski definition) is 2. The van der Waals surface area contributed by atoms with Gasteiger partial charge in [-0.25, -0.2) is 4.98 Å². The van der Waals surface area contributed by atoms with E-state index in [-0.39, 0.29) is 12.5 Å². The maximum absolute atomic E-state index is 11.5. The smallest absolute Gasteiger partial charge is 0.271 e. The third kappa shape index (κ3) is 4.12. The second-order valence-corrected chi connectivity index (χ2v) is 3.46. The average Bonchev–Trinajstić information content (AvgIpc) is 2.64. The van der Waals surface area contributed by atoms with Gasteiger partial charge in [-0.2, -0.15) is 0 Å². The summed E-state index contributed by atoms with van der Waals surface area (Å²) in [4.78, 5) is 15.4. The fraction of sp³-hybridized carbons (Fsp3) is 0.600. The summed E-state index contributed by atoms with van der Waals surface area (Å²) in [5.74, 6) is -0.139. The highest BCUT2D eigenvalue weighted by molar-refractivity contribution is 5.91. The minimum absolute atomic E-state index is 0.139. The highest BCUT2D eigenvalue weighted by Crippen LogP contribution is 1.95. The number of unbranched alkanes of at least 4 members (excludes halogenated alkanes) is 2. The van der Waals surface area contributed by atoms with Crippen molar-refractivity contribution in [1.82, 2.24) is 14.9 Å². The van der Waals surface area contributed by atoms with Crippen molar-refractivity contribution in [2.45, 2.75) is 19.3 Å². The number of hydrogen-bond acceptors (Lipinski definition) is 3. The summed E-state index contributed by atoms with van der Waals surface area (Å²) in [5.41, 5.74) is 0.444. The Morgan fingerprint density at radius 2 is 2.33 bits per heavy atom. The molecule has 0 aliphatic carbocycles. The van der Waals surface area contributed by atoms with E-state index in [1.807, 2.05) is 7.05 Å². The molecule has 84 valence electrons. The zero-order chi connectivity index (χ0) is 11.1. The van der Waals surface area contributed by atoms with Crippen molar-refractivity contribution in [3.63, 3.8) is 0 Å². The third-order valence-corrected chi connectivity index (χ3v) is 2.06. The van der Waals surface area contributed by atoms with Gasteiger partial charge in [-0.15, -0.1) is 0 Å². The van der Waals surface area contributed by atoms with E-state index >= 15 is 0 Å². The van der Waals surface area contributed by atoms with Crippen LogP contribution < -0.4 is 5.32 Å². The number of nitrogens with zero attached hydrogens (tertiary/aromatic N) is 2. The Balaban J connectivity index is 2.19. The lowest BCUT2D eigenvalue weighted by molar-refractivity contribution is 0.0948. The van der Waals surface area contributed by atoms with Gasteiger partial charge in [-0.1, -0.05) is 0 Å². The van der Waals surface area contributed by atoms with Crippen molar-refractivity contribution in [3.05, 3.63) is 18.2 Å². The lowest BCUT2D eigenvalue weighted by Crippen LogP contribution is -2.24. The number of amides is 1. The molecule has 0 saturated carbocycles. The lowest BCUT2D eigenvalue weighted by atomic mass is 10.2. The molecule has 1 amide bonds. The van der Waals surface area contributed by atoms with E-state index in [2.05, 4.69) is 10.3 Å². The molecule has 0 aliphatic heterocycles. The molecule has 5 nitrogen and oxygen atoms in total. The van der Waals surface area contributed by atoms with Gasteiger partial charge in [-0.3, -0.25) is 4.79 Å². The van der Waals surface area contributed by atoms with Gasteiger partial charge < -0.3 is 15.0 Å². The van der Waals surface area contributed by atoms with Crippen molar-refractivity contribution < 1.29 is 9.90 Å². The summed E-state index contributed by atoms with van der Waals surface area (Å²) in [5, 5.41) is 11.3. The van der Waals surface area contributed by atoms with Crippen molar-refractivity contribution in [2.24, 2.45) is 7.05 Å². The van der Waals surface area contributed by atoms with Crippen LogP contribution in [-0.2, 0) is 7.05 Å². The number of aliphatic hydroxyl groups is 1. The van der Waals surface area contributed by atoms with E-state index in [0.717, 1.165) is 19.3 Å². The number of nitrogens with one attached hydrogen (secondary N) is 1. The van der Waals surface area contributed by atoms with Gasteiger partial charge in [0, 0.05) is 26.4 Å². The predicted octanol–water partition coefficient (Wildman–Crippen LogP) is 0.312. The van der Waals surface area contributed by atoms with Crippen LogP contribution in [0.2, 0.25) is 0 Å². The number of aliphatic hydroxyl groups excluding tert-OH is 1. The molecule has 0 unspecified atom stereocenters. The zero-order valence-corrected chi connectivity index (χ0v) is 8.94. The SMILES string of the molecule is Cn1cnc(C(=O)NCCCCCO)c1. The first-order valence-electron chi connectivity index (χ1n) is 5.11. The summed E-state index contributed by atoms with van der Waals surface area (Å²) in [6.07, 6.45) is 5.89. The quantitative estimate of drug-likeness (QED) is 0.666. The molecule has 0 aliphatic rings. The van der Waals surface area contributed by atoms with Gasteiger partial charge in [0.1, 0.15) is 5.69 Å². The van der Waals surface area contributed by atoms with Crippen LogP contribution in [0.3, 0.4) is 0 Å². The number of carbonyl (C=O) groups is 1. The standard InChI is InChI=1S/C10H17N3O2/c1-13-7-9(12-8-13)10(15)11-5-3-2-4-6-14/h7-8,14H,2-6H2,1H3,(H,11,15). The Hall–Kier alpha value is -1.36. The highest BCUT2D eigenvalue weighted by Gasteiger charge is 2.06. The molecular formula is C10H17N3O2. The Morgan fingerprint density at radius 1 is 1.53 bits per heavy atom. The molecule has 0 bridgehead atoms. The molecule has 0 fully saturated rings. The van der Waals surface area contributed by atoms with E-state index in [1.165, 1.54) is 0 Å². The van der Waals surface area contributed by atoms with Gasteiger partial charge >= 0.3 is 0 Å². The number of imidazole rings is 1. The van der Waals surface area contributed by atoms with Gasteiger partial charge in [0.25, 0.3) is 5.91 Å². The molecule has 0 saturated heterocycles. The van der Waals surface area contributed by atoms with E-state index < -0.39 is 0 Å². The third-order valence-electron chi connectivity index (χ3n) is 2.06. The molecule has 15 heavy (non-hydrogen) atoms. The van der Waals surface area contributed by atoms with Gasteiger partial charge in [0.15, 0.2) is 0 Å². The zero-order valence-electron chi connectivity index (χ0n) is 8.94. The Labute approximate surface area is 89.1 Å². The van der Waals surface area contributed by atoms with Crippen molar-refractivity contribution in [2.75, 3.05) is 13.2 Å². The summed E-state index contributed by atoms with van der Waals surface area (Å²) in [7, 11) is 1.82. The molecular weight excluding hydrogens is 194 g/mol. The molecule has 0 spiro atoms. The van der Waals surface area contributed by atoms with E-state index in [1.54, 1.807) is 17.1 Å². The van der Waals surface area contributed by atoms with E-state index in [0.29, 0.717) is 12.2 Å². The molecule has 1 aromatic rings. The van der Waals surface area contributed by atoms with E-state index in [9.17, 15) is 4.79 Å². The molecule has 0 atom stereocenters. The summed E-state index contributed by atoms with van der Waals surface area (Å²) < 4.78 is 1.74. The van der Waals surface area contributed by atoms with Gasteiger partial charge in [-0.05, 0) is 19.3 Å². The molecule has 5 heteroatoms. The van der Waals surface area contributed by atoms with Crippen LogP contribution in [0.4, 0.5) is 0 Å². The lowest BCUT2D eigenvalue weighted by Gasteiger charge is -2.01. The van der Waals surface area contributed by atoms with Crippen molar-refractivity contribution in [1.29, 1.82) is 0 Å². The topological polar surface area (TPSA) is 67.2 Å². The van der Waals surface area contributed by atoms with Crippen LogP contribution in [0.15, 0.2) is 12.5 Å². The number of aryl methyl sites for hydroxylation is 1. The first-order chi connectivity index (χ1) is 7.24. The second kappa shape index (κ2) is 6.19. The molecule has 0 aromatic carbocycles. The first-order valence-corrected chi connectivity index (χ1v) is 5.11. The Bertz CT molecular complexity index is 309. The van der Waals surface area contributed by atoms with Crippen LogP contribution in [0, 0.1) is 0 Å². The van der Waals surface area contributed by atoms with Crippen molar-refractivity contribution >= 4 is 5.91 Å². The second-order valence-electron chi connectivity index (χ2n) is 3.46. The van der Waals surface area contributed by atoms with Crippen LogP contribution in [-0.4, -0.2) is 33.7 Å². The molecule has 2 N–H and O–H groups in total. The molecule has 1 aromatic heterocycles. The number of aromatic nitrogens is 2. The van der Waals surface area contributed by atoms with Gasteiger partial charge in [0.05, 0.1) is 6.33 Å². The highest BCUT2D eigenvalue weighted by atomic mass is 16.2. The van der Waals surface area contributed by atoms with Crippen molar-refractivity contribution in [3.8, 4) is 0 Å². The molecule has 1 heterocycles. The summed E-state index contributed by atoms with van der Waals surface area (Å²) in [6.45, 7) is 0.851. The minimum Gasteiger partial charge on any atom is -0.396 e. The maximum Gasteiger partial charge on any atom is 0.271 e. The monoisotopic (exact) mass is 211 g/mol. The first kappa shape index (κ1) is 11.7. The van der Waals surface area contributed by atoms with Crippen LogP contribution in [0.5, 0.6) is 0 Å². The number of carbonyl (C=O) groups excluding carboxylic acids is 1. The molecule has 0 radical (unpaired) electrons. The Morgan fingerprint density at radius 3 is 2.93 bits per heavy atom. The Kier molecular flexibility index (Phi) is 4.83. The fourth-order valence-electron chi connectivity index (χ4n) is 1.24. The number of rotatable bonds is 6. The molecule has 1 rings (SSSR count). The van der Waals surface area contributed by atoms with Crippen LogP contribution >= 0.6 is 0 Å². The van der Waals surface area contributed by atoms with Gasteiger partial charge in [0.2, 0.25) is 0 Å². The van der Waals surface area contributed by atoms with Crippen LogP contribution in [0.25, 0.3) is 0 Å². The normalized spacial score (nSPS) is 10.3. The van der Waals surface area contributed by atoms with Crippen LogP contribution in [0.1, 0.15) is 29.8 Å². The van der Waals surface area contributed by atoms with E-state index in [4.69, 9.17) is 5.11 Å². The maximum atomic E-state index is 11.5. The predicted molar refractivity (Wildman–Crippen MR) is 56.5 cm³/mol. The largest absolute Gasteiger partial charge is 0.396 e. The minimum atomic E-state index is -0.139. The fourth-order valence-corrected chi connectivity index (χ4v) is 1.24. The average molecular weight is 211 g/mol.